The molecule has 1 unspecified atom stereocenters. The van der Waals surface area contributed by atoms with Crippen molar-refractivity contribution in [1.29, 1.82) is 0 Å². The summed E-state index contributed by atoms with van der Waals surface area (Å²) in [6.07, 6.45) is 0.867. The molecule has 0 aliphatic heterocycles. The first kappa shape index (κ1) is 17.0. The highest BCUT2D eigenvalue weighted by atomic mass is 16.4. The van der Waals surface area contributed by atoms with Crippen molar-refractivity contribution in [2.75, 3.05) is 5.32 Å². The van der Waals surface area contributed by atoms with Crippen LogP contribution in [0.3, 0.4) is 0 Å². The van der Waals surface area contributed by atoms with E-state index in [1.807, 2.05) is 19.9 Å². The molecule has 0 aliphatic rings. The molecule has 1 aromatic carbocycles. The quantitative estimate of drug-likeness (QED) is 0.776. The summed E-state index contributed by atoms with van der Waals surface area (Å²) in [4.78, 5) is 23.3. The van der Waals surface area contributed by atoms with E-state index >= 15 is 0 Å². The van der Waals surface area contributed by atoms with Crippen LogP contribution in [0.15, 0.2) is 12.1 Å². The Morgan fingerprint density at radius 2 is 1.81 bits per heavy atom. The molecule has 0 saturated carbocycles. The molecule has 1 rings (SSSR count). The lowest BCUT2D eigenvalue weighted by atomic mass is 10.0. The van der Waals surface area contributed by atoms with Gasteiger partial charge in [-0.1, -0.05) is 19.9 Å². The van der Waals surface area contributed by atoms with Crippen LogP contribution >= 0.6 is 0 Å². The van der Waals surface area contributed by atoms with Crippen LogP contribution in [0.1, 0.15) is 48.7 Å². The molecule has 0 bridgehead atoms. The lowest BCUT2D eigenvalue weighted by Crippen LogP contribution is -2.37. The second kappa shape index (κ2) is 7.11. The zero-order valence-corrected chi connectivity index (χ0v) is 13.3. The molecular weight excluding hydrogens is 268 g/mol. The van der Waals surface area contributed by atoms with E-state index in [1.165, 1.54) is 0 Å². The fourth-order valence-electron chi connectivity index (χ4n) is 2.44. The normalized spacial score (nSPS) is 12.1. The number of benzene rings is 1. The van der Waals surface area contributed by atoms with Gasteiger partial charge in [0.2, 0.25) is 0 Å². The number of carboxylic acid groups (broad SMARTS) is 1. The SMILES string of the molecule is Cc1cc(C)c(NC(=O)NC(C)CC(C)C)c(C(=O)O)c1. The summed E-state index contributed by atoms with van der Waals surface area (Å²) in [5, 5.41) is 14.7. The average molecular weight is 292 g/mol. The van der Waals surface area contributed by atoms with E-state index < -0.39 is 5.97 Å². The summed E-state index contributed by atoms with van der Waals surface area (Å²) in [6, 6.07) is 3.06. The molecule has 5 heteroatoms. The number of hydrogen-bond acceptors (Lipinski definition) is 2. The third kappa shape index (κ3) is 5.10. The number of amides is 2. The van der Waals surface area contributed by atoms with Gasteiger partial charge in [0.1, 0.15) is 0 Å². The zero-order chi connectivity index (χ0) is 16.2. The van der Waals surface area contributed by atoms with Crippen molar-refractivity contribution in [1.82, 2.24) is 5.32 Å². The first-order valence-electron chi connectivity index (χ1n) is 7.12. The summed E-state index contributed by atoms with van der Waals surface area (Å²) in [7, 11) is 0. The third-order valence-corrected chi connectivity index (χ3v) is 3.15. The Hall–Kier alpha value is -2.04. The molecule has 5 nitrogen and oxygen atoms in total. The molecule has 0 fully saturated rings. The van der Waals surface area contributed by atoms with Crippen LogP contribution in [0.4, 0.5) is 10.5 Å². The second-order valence-electron chi connectivity index (χ2n) is 5.94. The van der Waals surface area contributed by atoms with Gasteiger partial charge in [-0.3, -0.25) is 0 Å². The number of urea groups is 1. The maximum absolute atomic E-state index is 12.0. The second-order valence-corrected chi connectivity index (χ2v) is 5.94. The highest BCUT2D eigenvalue weighted by Gasteiger charge is 2.16. The minimum absolute atomic E-state index is 0.0315. The van der Waals surface area contributed by atoms with E-state index in [1.54, 1.807) is 13.0 Å². The predicted octanol–water partition coefficient (Wildman–Crippen LogP) is 3.56. The van der Waals surface area contributed by atoms with Crippen molar-refractivity contribution in [3.05, 3.63) is 28.8 Å². The van der Waals surface area contributed by atoms with Crippen LogP contribution < -0.4 is 10.6 Å². The van der Waals surface area contributed by atoms with Gasteiger partial charge in [0.05, 0.1) is 11.3 Å². The van der Waals surface area contributed by atoms with Crippen LogP contribution in [0.5, 0.6) is 0 Å². The number of hydrogen-bond donors (Lipinski definition) is 3. The van der Waals surface area contributed by atoms with Crippen LogP contribution in [0.25, 0.3) is 0 Å². The number of aromatic carboxylic acids is 1. The third-order valence-electron chi connectivity index (χ3n) is 3.15. The Morgan fingerprint density at radius 1 is 1.19 bits per heavy atom. The summed E-state index contributed by atoms with van der Waals surface area (Å²) in [5.74, 6) is -0.566. The smallest absolute Gasteiger partial charge is 0.337 e. The standard InChI is InChI=1S/C16H24N2O3/c1-9(2)6-12(5)17-16(21)18-14-11(4)7-10(3)8-13(14)15(19)20/h7-9,12H,6H2,1-5H3,(H,19,20)(H2,17,18,21). The van der Waals surface area contributed by atoms with Gasteiger partial charge in [-0.05, 0) is 50.3 Å². The summed E-state index contributed by atoms with van der Waals surface area (Å²) in [5.41, 5.74) is 2.05. The lowest BCUT2D eigenvalue weighted by molar-refractivity contribution is 0.0698. The maximum atomic E-state index is 12.0. The molecule has 116 valence electrons. The van der Waals surface area contributed by atoms with Crippen molar-refractivity contribution in [2.24, 2.45) is 5.92 Å². The lowest BCUT2D eigenvalue weighted by Gasteiger charge is -2.18. The Balaban J connectivity index is 2.87. The van der Waals surface area contributed by atoms with Gasteiger partial charge >= 0.3 is 12.0 Å². The first-order valence-corrected chi connectivity index (χ1v) is 7.12. The van der Waals surface area contributed by atoms with E-state index in [9.17, 15) is 14.7 Å². The van der Waals surface area contributed by atoms with Gasteiger partial charge in [-0.25, -0.2) is 9.59 Å². The molecule has 0 saturated heterocycles. The Labute approximate surface area is 125 Å². The van der Waals surface area contributed by atoms with E-state index in [0.717, 1.165) is 17.5 Å². The van der Waals surface area contributed by atoms with Crippen LogP contribution in [0.2, 0.25) is 0 Å². The number of carbonyl (C=O) groups is 2. The molecule has 0 aliphatic carbocycles. The van der Waals surface area contributed by atoms with E-state index in [2.05, 4.69) is 24.5 Å². The number of nitrogens with one attached hydrogen (secondary N) is 2. The Kier molecular flexibility index (Phi) is 5.76. The number of carbonyl (C=O) groups excluding carboxylic acids is 1. The summed E-state index contributed by atoms with van der Waals surface area (Å²) >= 11 is 0. The van der Waals surface area contributed by atoms with Crippen molar-refractivity contribution in [3.63, 3.8) is 0 Å². The van der Waals surface area contributed by atoms with E-state index in [-0.39, 0.29) is 17.6 Å². The van der Waals surface area contributed by atoms with Gasteiger partial charge in [0.25, 0.3) is 0 Å². The number of carboxylic acids is 1. The molecule has 3 N–H and O–H groups in total. The van der Waals surface area contributed by atoms with Gasteiger partial charge in [-0.2, -0.15) is 0 Å². The molecule has 0 aromatic heterocycles. The molecule has 0 heterocycles. The van der Waals surface area contributed by atoms with Crippen molar-refractivity contribution in [2.45, 2.75) is 47.1 Å². The Bertz CT molecular complexity index is 539. The molecule has 2 amide bonds. The first-order chi connectivity index (χ1) is 9.70. The van der Waals surface area contributed by atoms with Gasteiger partial charge in [-0.15, -0.1) is 0 Å². The summed E-state index contributed by atoms with van der Waals surface area (Å²) in [6.45, 7) is 9.71. The molecule has 1 aromatic rings. The van der Waals surface area contributed by atoms with Crippen LogP contribution in [-0.2, 0) is 0 Å². The maximum Gasteiger partial charge on any atom is 0.337 e. The topological polar surface area (TPSA) is 78.4 Å². The fourth-order valence-corrected chi connectivity index (χ4v) is 2.44. The molecule has 21 heavy (non-hydrogen) atoms. The minimum atomic E-state index is -1.05. The number of rotatable bonds is 5. The largest absolute Gasteiger partial charge is 0.478 e. The van der Waals surface area contributed by atoms with E-state index in [4.69, 9.17) is 0 Å². The number of anilines is 1. The van der Waals surface area contributed by atoms with E-state index in [0.29, 0.717) is 11.6 Å². The molecular formula is C16H24N2O3. The van der Waals surface area contributed by atoms with Gasteiger partial charge in [0.15, 0.2) is 0 Å². The van der Waals surface area contributed by atoms with Crippen molar-refractivity contribution in [3.8, 4) is 0 Å². The summed E-state index contributed by atoms with van der Waals surface area (Å²) < 4.78 is 0. The Morgan fingerprint density at radius 3 is 2.33 bits per heavy atom. The predicted molar refractivity (Wildman–Crippen MR) is 83.9 cm³/mol. The molecule has 0 spiro atoms. The molecule has 0 radical (unpaired) electrons. The monoisotopic (exact) mass is 292 g/mol. The zero-order valence-electron chi connectivity index (χ0n) is 13.3. The van der Waals surface area contributed by atoms with Crippen LogP contribution in [-0.4, -0.2) is 23.1 Å². The van der Waals surface area contributed by atoms with Gasteiger partial charge < -0.3 is 15.7 Å². The van der Waals surface area contributed by atoms with Crippen molar-refractivity contribution >= 4 is 17.7 Å². The highest BCUT2D eigenvalue weighted by molar-refractivity contribution is 6.01. The van der Waals surface area contributed by atoms with Gasteiger partial charge in [0, 0.05) is 6.04 Å². The van der Waals surface area contributed by atoms with Crippen molar-refractivity contribution < 1.29 is 14.7 Å². The molecule has 1 atom stereocenters. The number of aryl methyl sites for hydroxylation is 2. The minimum Gasteiger partial charge on any atom is -0.478 e. The fraction of sp³-hybridized carbons (Fsp3) is 0.500. The highest BCUT2D eigenvalue weighted by Crippen LogP contribution is 2.23. The average Bonchev–Trinajstić information content (AvgIpc) is 2.30. The van der Waals surface area contributed by atoms with Crippen LogP contribution in [0, 0.1) is 19.8 Å².